The summed E-state index contributed by atoms with van der Waals surface area (Å²) >= 11 is 1.63. The second-order valence-corrected chi connectivity index (χ2v) is 6.51. The standard InChI is InChI=1S/C15H19NO4S/c1-15(2)9-21-14(16-15)11-6-5-10(8-12(11)17)20-7-3-4-13(18)19/h5-6,8,17H,3-4,7,9H2,1-2H3,(H,18,19). The molecule has 0 fully saturated rings. The number of ether oxygens (including phenoxy) is 1. The van der Waals surface area contributed by atoms with Gasteiger partial charge in [-0.1, -0.05) is 0 Å². The number of carbonyl (C=O) groups is 1. The molecule has 2 rings (SSSR count). The van der Waals surface area contributed by atoms with E-state index in [1.165, 1.54) is 0 Å². The summed E-state index contributed by atoms with van der Waals surface area (Å²) in [4.78, 5) is 15.0. The van der Waals surface area contributed by atoms with Gasteiger partial charge in [0.2, 0.25) is 0 Å². The van der Waals surface area contributed by atoms with Gasteiger partial charge in [0.15, 0.2) is 0 Å². The molecule has 0 saturated heterocycles. The Kier molecular flexibility index (Phi) is 4.77. The van der Waals surface area contributed by atoms with Gasteiger partial charge in [-0.3, -0.25) is 9.79 Å². The van der Waals surface area contributed by atoms with E-state index in [0.717, 1.165) is 10.8 Å². The van der Waals surface area contributed by atoms with Gasteiger partial charge >= 0.3 is 5.97 Å². The van der Waals surface area contributed by atoms with Crippen LogP contribution in [0.25, 0.3) is 0 Å². The highest BCUT2D eigenvalue weighted by atomic mass is 32.2. The SMILES string of the molecule is CC1(C)CSC(c2ccc(OCCCC(=O)O)cc2O)=N1. The van der Waals surface area contributed by atoms with Crippen molar-refractivity contribution in [2.24, 2.45) is 4.99 Å². The van der Waals surface area contributed by atoms with Crippen molar-refractivity contribution in [1.29, 1.82) is 0 Å². The van der Waals surface area contributed by atoms with Crippen molar-refractivity contribution >= 4 is 22.8 Å². The molecule has 0 spiro atoms. The van der Waals surface area contributed by atoms with Crippen molar-refractivity contribution in [2.75, 3.05) is 12.4 Å². The number of hydrogen-bond donors (Lipinski definition) is 2. The molecule has 114 valence electrons. The fourth-order valence-electron chi connectivity index (χ4n) is 1.92. The van der Waals surface area contributed by atoms with Crippen LogP contribution >= 0.6 is 11.8 Å². The predicted octanol–water partition coefficient (Wildman–Crippen LogP) is 2.91. The van der Waals surface area contributed by atoms with Crippen molar-refractivity contribution in [3.05, 3.63) is 23.8 Å². The minimum atomic E-state index is -0.837. The van der Waals surface area contributed by atoms with E-state index in [4.69, 9.17) is 9.84 Å². The number of carboxylic acids is 1. The molecule has 0 unspecified atom stereocenters. The van der Waals surface area contributed by atoms with Crippen LogP contribution in [0.4, 0.5) is 0 Å². The van der Waals surface area contributed by atoms with Crippen LogP contribution in [0.2, 0.25) is 0 Å². The number of thioether (sulfide) groups is 1. The van der Waals surface area contributed by atoms with Crippen LogP contribution in [0, 0.1) is 0 Å². The Hall–Kier alpha value is -1.69. The smallest absolute Gasteiger partial charge is 0.303 e. The summed E-state index contributed by atoms with van der Waals surface area (Å²) in [5, 5.41) is 19.5. The molecule has 0 bridgehead atoms. The van der Waals surface area contributed by atoms with Crippen molar-refractivity contribution in [3.8, 4) is 11.5 Å². The lowest BCUT2D eigenvalue weighted by Gasteiger charge is -2.10. The predicted molar refractivity (Wildman–Crippen MR) is 83.5 cm³/mol. The number of phenolic OH excluding ortho intramolecular Hbond substituents is 1. The minimum absolute atomic E-state index is 0.0760. The van der Waals surface area contributed by atoms with Gasteiger partial charge in [0.1, 0.15) is 16.5 Å². The average Bonchev–Trinajstić information content (AvgIpc) is 2.75. The fraction of sp³-hybridized carbons (Fsp3) is 0.467. The van der Waals surface area contributed by atoms with Crippen LogP contribution < -0.4 is 4.74 Å². The number of nitrogens with zero attached hydrogens (tertiary/aromatic N) is 1. The molecular weight excluding hydrogens is 290 g/mol. The molecule has 0 atom stereocenters. The molecular formula is C15H19NO4S. The van der Waals surface area contributed by atoms with Crippen LogP contribution in [0.5, 0.6) is 11.5 Å². The Bertz CT molecular complexity index is 569. The Balaban J connectivity index is 2.00. The molecule has 1 aromatic rings. The molecule has 21 heavy (non-hydrogen) atoms. The van der Waals surface area contributed by atoms with Gasteiger partial charge in [0, 0.05) is 23.8 Å². The van der Waals surface area contributed by atoms with Crippen molar-refractivity contribution in [2.45, 2.75) is 32.2 Å². The Morgan fingerprint density at radius 1 is 1.48 bits per heavy atom. The monoisotopic (exact) mass is 309 g/mol. The van der Waals surface area contributed by atoms with Crippen LogP contribution in [-0.4, -0.2) is 39.1 Å². The summed E-state index contributed by atoms with van der Waals surface area (Å²) in [5.74, 6) is 0.727. The second kappa shape index (κ2) is 6.39. The highest BCUT2D eigenvalue weighted by Gasteiger charge is 2.27. The first-order chi connectivity index (χ1) is 9.87. The van der Waals surface area contributed by atoms with Gasteiger partial charge in [0.25, 0.3) is 0 Å². The van der Waals surface area contributed by atoms with Gasteiger partial charge in [-0.25, -0.2) is 0 Å². The Labute approximate surface area is 128 Å². The highest BCUT2D eigenvalue weighted by molar-refractivity contribution is 8.14. The van der Waals surface area contributed by atoms with E-state index in [2.05, 4.69) is 18.8 Å². The van der Waals surface area contributed by atoms with Crippen LogP contribution in [0.3, 0.4) is 0 Å². The third-order valence-electron chi connectivity index (χ3n) is 2.97. The minimum Gasteiger partial charge on any atom is -0.507 e. The number of aromatic hydroxyl groups is 1. The second-order valence-electron chi connectivity index (χ2n) is 5.54. The van der Waals surface area contributed by atoms with E-state index in [9.17, 15) is 9.90 Å². The van der Waals surface area contributed by atoms with E-state index in [-0.39, 0.29) is 17.7 Å². The third-order valence-corrected chi connectivity index (χ3v) is 4.41. The van der Waals surface area contributed by atoms with E-state index in [1.807, 2.05) is 0 Å². The molecule has 1 aromatic carbocycles. The number of benzene rings is 1. The zero-order chi connectivity index (χ0) is 15.5. The van der Waals surface area contributed by atoms with Crippen LogP contribution in [0.1, 0.15) is 32.3 Å². The van der Waals surface area contributed by atoms with Crippen LogP contribution in [0.15, 0.2) is 23.2 Å². The van der Waals surface area contributed by atoms with Gasteiger partial charge in [0.05, 0.1) is 12.1 Å². The van der Waals surface area contributed by atoms with Gasteiger partial charge in [-0.2, -0.15) is 0 Å². The lowest BCUT2D eigenvalue weighted by atomic mass is 10.1. The first-order valence-electron chi connectivity index (χ1n) is 6.78. The zero-order valence-corrected chi connectivity index (χ0v) is 12.9. The summed E-state index contributed by atoms with van der Waals surface area (Å²) in [6, 6.07) is 5.10. The molecule has 1 heterocycles. The quantitative estimate of drug-likeness (QED) is 0.790. The molecule has 0 amide bonds. The maximum atomic E-state index is 10.4. The summed E-state index contributed by atoms with van der Waals surface area (Å²) < 4.78 is 5.43. The maximum Gasteiger partial charge on any atom is 0.303 e. The molecule has 0 radical (unpaired) electrons. The average molecular weight is 309 g/mol. The zero-order valence-electron chi connectivity index (χ0n) is 12.1. The van der Waals surface area contributed by atoms with E-state index >= 15 is 0 Å². The summed E-state index contributed by atoms with van der Waals surface area (Å²) in [5.41, 5.74) is 0.613. The molecule has 1 aliphatic heterocycles. The molecule has 0 saturated carbocycles. The van der Waals surface area contributed by atoms with Gasteiger partial charge in [-0.15, -0.1) is 11.8 Å². The highest BCUT2D eigenvalue weighted by Crippen LogP contribution is 2.34. The molecule has 0 aliphatic carbocycles. The van der Waals surface area contributed by atoms with Crippen LogP contribution in [-0.2, 0) is 4.79 Å². The maximum absolute atomic E-state index is 10.4. The molecule has 2 N–H and O–H groups in total. The summed E-state index contributed by atoms with van der Waals surface area (Å²) in [6.45, 7) is 4.43. The van der Waals surface area contributed by atoms with E-state index < -0.39 is 5.97 Å². The third kappa shape index (κ3) is 4.39. The van der Waals surface area contributed by atoms with E-state index in [1.54, 1.807) is 30.0 Å². The first kappa shape index (κ1) is 15.7. The largest absolute Gasteiger partial charge is 0.507 e. The Morgan fingerprint density at radius 2 is 2.24 bits per heavy atom. The number of carboxylic acid groups (broad SMARTS) is 1. The summed E-state index contributed by atoms with van der Waals surface area (Å²) in [6.07, 6.45) is 0.515. The van der Waals surface area contributed by atoms with Crippen molar-refractivity contribution in [1.82, 2.24) is 0 Å². The number of phenols is 1. The normalized spacial score (nSPS) is 16.6. The molecule has 5 nitrogen and oxygen atoms in total. The van der Waals surface area contributed by atoms with Gasteiger partial charge in [-0.05, 0) is 32.4 Å². The molecule has 1 aliphatic rings. The number of hydrogen-bond acceptors (Lipinski definition) is 5. The lowest BCUT2D eigenvalue weighted by Crippen LogP contribution is -2.15. The number of aliphatic imine (C=N–C) groups is 1. The number of aliphatic carboxylic acids is 1. The topological polar surface area (TPSA) is 79.1 Å². The molecule has 0 aromatic heterocycles. The van der Waals surface area contributed by atoms with E-state index in [0.29, 0.717) is 24.3 Å². The first-order valence-corrected chi connectivity index (χ1v) is 7.76. The Morgan fingerprint density at radius 3 is 2.81 bits per heavy atom. The lowest BCUT2D eigenvalue weighted by molar-refractivity contribution is -0.137. The number of rotatable bonds is 6. The van der Waals surface area contributed by atoms with Crippen molar-refractivity contribution < 1.29 is 19.7 Å². The fourth-order valence-corrected chi connectivity index (χ4v) is 3.11. The van der Waals surface area contributed by atoms with Crippen molar-refractivity contribution in [3.63, 3.8) is 0 Å². The van der Waals surface area contributed by atoms with Gasteiger partial charge < -0.3 is 14.9 Å². The molecule has 6 heteroatoms. The summed E-state index contributed by atoms with van der Waals surface area (Å²) in [7, 11) is 0.